The Morgan fingerprint density at radius 2 is 1.80 bits per heavy atom. The van der Waals surface area contributed by atoms with E-state index in [1.165, 1.54) is 0 Å². The topological polar surface area (TPSA) is 23.8 Å². The maximum absolute atomic E-state index is 8.63. The second-order valence-corrected chi connectivity index (χ2v) is 3.13. The van der Waals surface area contributed by atoms with E-state index in [0.29, 0.717) is 11.8 Å². The molecule has 0 radical (unpaired) electrons. The van der Waals surface area contributed by atoms with E-state index in [1.54, 1.807) is 0 Å². The summed E-state index contributed by atoms with van der Waals surface area (Å²) in [5.41, 5.74) is 0.898. The Morgan fingerprint density at radius 1 is 1.30 bits per heavy atom. The standard InChI is InChI=1S/C9H15N/c1-7(2)5-9(6-10)8(3)4/h5,7-8H,1-4H3. The van der Waals surface area contributed by atoms with Crippen molar-refractivity contribution in [3.05, 3.63) is 11.6 Å². The first-order valence-corrected chi connectivity index (χ1v) is 3.69. The Hall–Kier alpha value is -0.770. The van der Waals surface area contributed by atoms with Crippen LogP contribution in [0.25, 0.3) is 0 Å². The summed E-state index contributed by atoms with van der Waals surface area (Å²) in [6.07, 6.45) is 2.02. The minimum absolute atomic E-state index is 0.368. The van der Waals surface area contributed by atoms with Crippen LogP contribution in [-0.2, 0) is 0 Å². The third-order valence-corrected chi connectivity index (χ3v) is 1.26. The van der Waals surface area contributed by atoms with Gasteiger partial charge in [0.05, 0.1) is 6.07 Å². The number of rotatable bonds is 2. The van der Waals surface area contributed by atoms with E-state index in [2.05, 4.69) is 19.9 Å². The second kappa shape index (κ2) is 4.11. The fourth-order valence-electron chi connectivity index (χ4n) is 0.718. The number of nitriles is 1. The zero-order valence-electron chi connectivity index (χ0n) is 7.18. The van der Waals surface area contributed by atoms with Crippen molar-refractivity contribution in [2.45, 2.75) is 27.7 Å². The first kappa shape index (κ1) is 9.23. The van der Waals surface area contributed by atoms with E-state index in [0.717, 1.165) is 5.57 Å². The maximum atomic E-state index is 8.63. The van der Waals surface area contributed by atoms with Crippen LogP contribution in [0.5, 0.6) is 0 Å². The molecule has 0 aliphatic carbocycles. The molecule has 0 saturated carbocycles. The van der Waals surface area contributed by atoms with Gasteiger partial charge in [0.1, 0.15) is 0 Å². The van der Waals surface area contributed by atoms with E-state index in [1.807, 2.05) is 19.9 Å². The lowest BCUT2D eigenvalue weighted by Crippen LogP contribution is -1.93. The molecule has 0 rings (SSSR count). The molecule has 0 heterocycles. The van der Waals surface area contributed by atoms with Crippen molar-refractivity contribution in [1.82, 2.24) is 0 Å². The molecule has 0 fully saturated rings. The molecule has 0 amide bonds. The van der Waals surface area contributed by atoms with Crippen LogP contribution in [0.3, 0.4) is 0 Å². The molecule has 0 aromatic heterocycles. The minimum atomic E-state index is 0.368. The van der Waals surface area contributed by atoms with E-state index in [4.69, 9.17) is 5.26 Å². The molecule has 0 saturated heterocycles. The third kappa shape index (κ3) is 3.29. The molecule has 0 aromatic carbocycles. The number of allylic oxidation sites excluding steroid dienone is 2. The van der Waals surface area contributed by atoms with E-state index in [-0.39, 0.29) is 0 Å². The predicted molar refractivity (Wildman–Crippen MR) is 43.4 cm³/mol. The average Bonchev–Trinajstić information content (AvgIpc) is 1.81. The summed E-state index contributed by atoms with van der Waals surface area (Å²) in [4.78, 5) is 0. The zero-order valence-corrected chi connectivity index (χ0v) is 7.18. The van der Waals surface area contributed by atoms with Gasteiger partial charge in [0.15, 0.2) is 0 Å². The van der Waals surface area contributed by atoms with Crippen LogP contribution in [0.15, 0.2) is 11.6 Å². The van der Waals surface area contributed by atoms with E-state index < -0.39 is 0 Å². The van der Waals surface area contributed by atoms with Gasteiger partial charge in [-0.1, -0.05) is 33.8 Å². The van der Waals surface area contributed by atoms with Gasteiger partial charge in [-0.3, -0.25) is 0 Å². The van der Waals surface area contributed by atoms with Gasteiger partial charge in [-0.25, -0.2) is 0 Å². The predicted octanol–water partition coefficient (Wildman–Crippen LogP) is 2.75. The molecule has 56 valence electrons. The molecule has 1 heteroatoms. The van der Waals surface area contributed by atoms with Gasteiger partial charge in [-0.15, -0.1) is 0 Å². The van der Waals surface area contributed by atoms with Gasteiger partial charge in [-0.2, -0.15) is 5.26 Å². The van der Waals surface area contributed by atoms with Gasteiger partial charge in [-0.05, 0) is 11.8 Å². The summed E-state index contributed by atoms with van der Waals surface area (Å²) >= 11 is 0. The summed E-state index contributed by atoms with van der Waals surface area (Å²) < 4.78 is 0. The van der Waals surface area contributed by atoms with Crippen molar-refractivity contribution in [3.63, 3.8) is 0 Å². The normalized spacial score (nSPS) is 12.3. The molecule has 0 unspecified atom stereocenters. The van der Waals surface area contributed by atoms with Gasteiger partial charge in [0.2, 0.25) is 0 Å². The summed E-state index contributed by atoms with van der Waals surface area (Å²) in [5.74, 6) is 0.851. The van der Waals surface area contributed by atoms with Gasteiger partial charge in [0.25, 0.3) is 0 Å². The zero-order chi connectivity index (χ0) is 8.15. The highest BCUT2D eigenvalue weighted by Crippen LogP contribution is 2.10. The molecule has 0 bridgehead atoms. The monoisotopic (exact) mass is 137 g/mol. The fourth-order valence-corrected chi connectivity index (χ4v) is 0.718. The summed E-state index contributed by atoms with van der Waals surface area (Å²) in [5, 5.41) is 8.63. The van der Waals surface area contributed by atoms with Crippen LogP contribution in [0.4, 0.5) is 0 Å². The van der Waals surface area contributed by atoms with Crippen molar-refractivity contribution < 1.29 is 0 Å². The van der Waals surface area contributed by atoms with Crippen molar-refractivity contribution in [1.29, 1.82) is 5.26 Å². The second-order valence-electron chi connectivity index (χ2n) is 3.13. The molecule has 0 N–H and O–H groups in total. The Labute approximate surface area is 63.4 Å². The SMILES string of the molecule is CC(C)C=C(C#N)C(C)C. The Kier molecular flexibility index (Phi) is 3.79. The largest absolute Gasteiger partial charge is 0.193 e. The smallest absolute Gasteiger partial charge is 0.0946 e. The van der Waals surface area contributed by atoms with Crippen LogP contribution in [0.2, 0.25) is 0 Å². The lowest BCUT2D eigenvalue weighted by molar-refractivity contribution is 0.752. The maximum Gasteiger partial charge on any atom is 0.0946 e. The van der Waals surface area contributed by atoms with Crippen LogP contribution in [0.1, 0.15) is 27.7 Å². The summed E-state index contributed by atoms with van der Waals surface area (Å²) in [6, 6.07) is 2.19. The Balaban J connectivity index is 4.23. The Morgan fingerprint density at radius 3 is 1.90 bits per heavy atom. The highest BCUT2D eigenvalue weighted by Gasteiger charge is 2.01. The lowest BCUT2D eigenvalue weighted by atomic mass is 10.0. The number of nitrogens with zero attached hydrogens (tertiary/aromatic N) is 1. The number of hydrogen-bond donors (Lipinski definition) is 0. The van der Waals surface area contributed by atoms with Crippen molar-refractivity contribution in [3.8, 4) is 6.07 Å². The fraction of sp³-hybridized carbons (Fsp3) is 0.667. The average molecular weight is 137 g/mol. The van der Waals surface area contributed by atoms with Crippen molar-refractivity contribution in [2.24, 2.45) is 11.8 Å². The van der Waals surface area contributed by atoms with E-state index in [9.17, 15) is 0 Å². The van der Waals surface area contributed by atoms with Crippen LogP contribution < -0.4 is 0 Å². The summed E-state index contributed by atoms with van der Waals surface area (Å²) in [7, 11) is 0. The highest BCUT2D eigenvalue weighted by atomic mass is 14.3. The summed E-state index contributed by atoms with van der Waals surface area (Å²) in [6.45, 7) is 8.24. The lowest BCUT2D eigenvalue weighted by Gasteiger charge is -2.02. The minimum Gasteiger partial charge on any atom is -0.193 e. The highest BCUT2D eigenvalue weighted by molar-refractivity contribution is 5.22. The first-order valence-electron chi connectivity index (χ1n) is 3.69. The third-order valence-electron chi connectivity index (χ3n) is 1.26. The van der Waals surface area contributed by atoms with Crippen molar-refractivity contribution in [2.75, 3.05) is 0 Å². The Bertz CT molecular complexity index is 158. The molecule has 0 aliphatic heterocycles. The first-order chi connectivity index (χ1) is 4.57. The molecule has 0 aliphatic rings. The molecular formula is C9H15N. The van der Waals surface area contributed by atoms with Gasteiger partial charge >= 0.3 is 0 Å². The molecule has 0 spiro atoms. The molecule has 1 nitrogen and oxygen atoms in total. The van der Waals surface area contributed by atoms with E-state index >= 15 is 0 Å². The van der Waals surface area contributed by atoms with Crippen molar-refractivity contribution >= 4 is 0 Å². The van der Waals surface area contributed by atoms with Crippen LogP contribution >= 0.6 is 0 Å². The van der Waals surface area contributed by atoms with Crippen LogP contribution in [0, 0.1) is 23.2 Å². The molecule has 0 atom stereocenters. The molecule has 0 aromatic rings. The van der Waals surface area contributed by atoms with Gasteiger partial charge < -0.3 is 0 Å². The number of hydrogen-bond acceptors (Lipinski definition) is 1. The molecule has 10 heavy (non-hydrogen) atoms. The quantitative estimate of drug-likeness (QED) is 0.537. The van der Waals surface area contributed by atoms with Gasteiger partial charge in [0, 0.05) is 5.57 Å². The van der Waals surface area contributed by atoms with Crippen LogP contribution in [-0.4, -0.2) is 0 Å². The molecular weight excluding hydrogens is 122 g/mol.